The van der Waals surface area contributed by atoms with Crippen molar-refractivity contribution in [2.75, 3.05) is 9.80 Å². The van der Waals surface area contributed by atoms with Crippen LogP contribution in [-0.4, -0.2) is 9.97 Å². The van der Waals surface area contributed by atoms with Crippen LogP contribution in [0.4, 0.5) is 34.4 Å². The SMILES string of the molecule is CC1(C)c2cc(N(c3ccccc3)c3ccccn3)ccc2-c2c1ccc1c3c(ccc21)C(C)(C)c1cc(N(c2ccccc2)c2ccccn2)ccc1-3. The van der Waals surface area contributed by atoms with Gasteiger partial charge in [-0.15, -0.1) is 0 Å². The van der Waals surface area contributed by atoms with E-state index in [1.807, 2.05) is 24.5 Å². The van der Waals surface area contributed by atoms with Gasteiger partial charge in [0, 0.05) is 46.0 Å². The lowest BCUT2D eigenvalue weighted by atomic mass is 9.80. The third kappa shape index (κ3) is 4.76. The van der Waals surface area contributed by atoms with Gasteiger partial charge in [0.1, 0.15) is 11.6 Å². The second-order valence-corrected chi connectivity index (χ2v) is 15.5. The molecule has 4 heteroatoms. The van der Waals surface area contributed by atoms with Gasteiger partial charge < -0.3 is 0 Å². The smallest absolute Gasteiger partial charge is 0.137 e. The average Bonchev–Trinajstić information content (AvgIpc) is 3.59. The molecule has 0 radical (unpaired) electrons. The number of rotatable bonds is 6. The molecule has 2 heterocycles. The minimum atomic E-state index is -0.182. The molecule has 10 rings (SSSR count). The molecular formula is C50H40N4. The molecule has 0 saturated heterocycles. The molecule has 0 fully saturated rings. The molecule has 0 aliphatic heterocycles. The van der Waals surface area contributed by atoms with Gasteiger partial charge in [0.2, 0.25) is 0 Å². The maximum Gasteiger partial charge on any atom is 0.137 e. The molecule has 0 bridgehead atoms. The monoisotopic (exact) mass is 696 g/mol. The number of hydrogen-bond donors (Lipinski definition) is 0. The number of hydrogen-bond acceptors (Lipinski definition) is 4. The molecule has 0 amide bonds. The Hall–Kier alpha value is -6.52. The molecule has 0 atom stereocenters. The van der Waals surface area contributed by atoms with Crippen LogP contribution in [0.5, 0.6) is 0 Å². The summed E-state index contributed by atoms with van der Waals surface area (Å²) in [6.07, 6.45) is 3.73. The van der Waals surface area contributed by atoms with Crippen LogP contribution in [0.25, 0.3) is 33.0 Å². The molecule has 260 valence electrons. The lowest BCUT2D eigenvalue weighted by Gasteiger charge is -2.27. The van der Waals surface area contributed by atoms with Crippen molar-refractivity contribution in [3.63, 3.8) is 0 Å². The van der Waals surface area contributed by atoms with E-state index in [0.29, 0.717) is 0 Å². The second kappa shape index (κ2) is 12.0. The summed E-state index contributed by atoms with van der Waals surface area (Å²) in [6, 6.07) is 56.8. The van der Waals surface area contributed by atoms with Crippen molar-refractivity contribution in [1.29, 1.82) is 0 Å². The fourth-order valence-electron chi connectivity index (χ4n) is 9.08. The molecule has 8 aromatic rings. The van der Waals surface area contributed by atoms with Crippen molar-refractivity contribution in [3.8, 4) is 22.3 Å². The molecule has 0 N–H and O–H groups in total. The Labute approximate surface area is 317 Å². The Bertz CT molecular complexity index is 2430. The van der Waals surface area contributed by atoms with Crippen LogP contribution in [0, 0.1) is 0 Å². The van der Waals surface area contributed by atoms with Crippen LogP contribution in [0.15, 0.2) is 170 Å². The van der Waals surface area contributed by atoms with Gasteiger partial charge in [0.05, 0.1) is 0 Å². The Morgan fingerprint density at radius 3 is 1.17 bits per heavy atom. The standard InChI is InChI=1S/C50H40N4/c1-49(2)41-27-25-38-37(47(41)39-23-21-35(31-43(39)49)53(33-15-7-5-8-16-33)45-19-11-13-29-51-45)26-28-42-48(38)40-24-22-36(32-44(40)50(42,3)4)54(34-17-9-6-10-18-34)46-20-12-14-30-52-46/h5-32H,1-4H3. The van der Waals surface area contributed by atoms with Crippen molar-refractivity contribution in [2.24, 2.45) is 0 Å². The Kier molecular flexibility index (Phi) is 7.15. The molecule has 2 aliphatic carbocycles. The topological polar surface area (TPSA) is 32.3 Å². The lowest BCUT2D eigenvalue weighted by Crippen LogP contribution is -2.17. The van der Waals surface area contributed by atoms with Crippen molar-refractivity contribution in [1.82, 2.24) is 9.97 Å². The van der Waals surface area contributed by atoms with Gasteiger partial charge in [-0.25, -0.2) is 9.97 Å². The number of fused-ring (bicyclic) bond motifs is 9. The van der Waals surface area contributed by atoms with E-state index in [9.17, 15) is 0 Å². The van der Waals surface area contributed by atoms with E-state index in [1.54, 1.807) is 0 Å². The largest absolute Gasteiger partial charge is 0.295 e. The Balaban J connectivity index is 1.12. The van der Waals surface area contributed by atoms with Crippen molar-refractivity contribution in [3.05, 3.63) is 192 Å². The normalized spacial score (nSPS) is 14.2. The van der Waals surface area contributed by atoms with E-state index in [2.05, 4.69) is 183 Å². The summed E-state index contributed by atoms with van der Waals surface area (Å²) in [4.78, 5) is 14.1. The molecule has 0 saturated carbocycles. The number of benzene rings is 6. The van der Waals surface area contributed by atoms with Gasteiger partial charge in [0.25, 0.3) is 0 Å². The maximum atomic E-state index is 4.77. The molecule has 54 heavy (non-hydrogen) atoms. The third-order valence-electron chi connectivity index (χ3n) is 11.7. The summed E-state index contributed by atoms with van der Waals surface area (Å²) in [5, 5.41) is 2.62. The summed E-state index contributed by atoms with van der Waals surface area (Å²) in [6.45, 7) is 9.48. The van der Waals surface area contributed by atoms with Crippen LogP contribution in [0.3, 0.4) is 0 Å². The van der Waals surface area contributed by atoms with Gasteiger partial charge in [-0.2, -0.15) is 0 Å². The van der Waals surface area contributed by atoms with Gasteiger partial charge >= 0.3 is 0 Å². The highest BCUT2D eigenvalue weighted by Crippen LogP contribution is 2.57. The highest BCUT2D eigenvalue weighted by Gasteiger charge is 2.40. The quantitative estimate of drug-likeness (QED) is 0.173. The van der Waals surface area contributed by atoms with Crippen molar-refractivity contribution >= 4 is 45.2 Å². The van der Waals surface area contributed by atoms with Gasteiger partial charge in [-0.05, 0) is 128 Å². The molecule has 2 aliphatic rings. The van der Waals surface area contributed by atoms with Crippen LogP contribution in [0.1, 0.15) is 49.9 Å². The molecule has 0 unspecified atom stereocenters. The van der Waals surface area contributed by atoms with Crippen LogP contribution >= 0.6 is 0 Å². The van der Waals surface area contributed by atoms with E-state index in [-0.39, 0.29) is 10.8 Å². The first-order valence-corrected chi connectivity index (χ1v) is 18.8. The lowest BCUT2D eigenvalue weighted by molar-refractivity contribution is 0.660. The summed E-state index contributed by atoms with van der Waals surface area (Å²) in [5.41, 5.74) is 14.7. The third-order valence-corrected chi connectivity index (χ3v) is 11.7. The van der Waals surface area contributed by atoms with Crippen molar-refractivity contribution in [2.45, 2.75) is 38.5 Å². The first-order chi connectivity index (χ1) is 26.3. The van der Waals surface area contributed by atoms with Crippen molar-refractivity contribution < 1.29 is 0 Å². The number of aromatic nitrogens is 2. The van der Waals surface area contributed by atoms with E-state index < -0.39 is 0 Å². The maximum absolute atomic E-state index is 4.77. The predicted molar refractivity (Wildman–Crippen MR) is 224 cm³/mol. The van der Waals surface area contributed by atoms with E-state index in [0.717, 1.165) is 34.4 Å². The first kappa shape index (κ1) is 32.2. The number of pyridine rings is 2. The zero-order valence-electron chi connectivity index (χ0n) is 31.0. The molecule has 6 aromatic carbocycles. The van der Waals surface area contributed by atoms with E-state index in [4.69, 9.17) is 9.97 Å². The summed E-state index contributed by atoms with van der Waals surface area (Å²) < 4.78 is 0. The van der Waals surface area contributed by atoms with Crippen LogP contribution in [0.2, 0.25) is 0 Å². The fraction of sp³-hybridized carbons (Fsp3) is 0.120. The Morgan fingerprint density at radius 2 is 0.778 bits per heavy atom. The fourth-order valence-corrected chi connectivity index (χ4v) is 9.08. The van der Waals surface area contributed by atoms with Gasteiger partial charge in [-0.3, -0.25) is 9.80 Å². The molecule has 0 spiro atoms. The molecule has 2 aromatic heterocycles. The summed E-state index contributed by atoms with van der Waals surface area (Å²) >= 11 is 0. The highest BCUT2D eigenvalue weighted by atomic mass is 15.2. The minimum Gasteiger partial charge on any atom is -0.295 e. The highest BCUT2D eigenvalue weighted by molar-refractivity contribution is 6.11. The predicted octanol–water partition coefficient (Wildman–Crippen LogP) is 13.2. The number of nitrogens with zero attached hydrogens (tertiary/aromatic N) is 4. The minimum absolute atomic E-state index is 0.182. The number of para-hydroxylation sites is 2. The average molecular weight is 697 g/mol. The Morgan fingerprint density at radius 1 is 0.370 bits per heavy atom. The molecular weight excluding hydrogens is 657 g/mol. The van der Waals surface area contributed by atoms with E-state index >= 15 is 0 Å². The molecule has 4 nitrogen and oxygen atoms in total. The zero-order valence-corrected chi connectivity index (χ0v) is 31.0. The summed E-state index contributed by atoms with van der Waals surface area (Å²) in [7, 11) is 0. The zero-order chi connectivity index (χ0) is 36.6. The van der Waals surface area contributed by atoms with Crippen LogP contribution in [-0.2, 0) is 10.8 Å². The summed E-state index contributed by atoms with van der Waals surface area (Å²) in [5.74, 6) is 1.80. The van der Waals surface area contributed by atoms with Crippen LogP contribution < -0.4 is 9.80 Å². The number of anilines is 6. The first-order valence-electron chi connectivity index (χ1n) is 18.8. The van der Waals surface area contributed by atoms with E-state index in [1.165, 1.54) is 55.3 Å². The van der Waals surface area contributed by atoms with Gasteiger partial charge in [0.15, 0.2) is 0 Å². The second-order valence-electron chi connectivity index (χ2n) is 15.5. The van der Waals surface area contributed by atoms with Gasteiger partial charge in [-0.1, -0.05) is 113 Å².